The van der Waals surface area contributed by atoms with Gasteiger partial charge in [-0.15, -0.1) is 0 Å². The zero-order valence-electron chi connectivity index (χ0n) is 15.4. The van der Waals surface area contributed by atoms with Crippen molar-refractivity contribution < 1.29 is 5.11 Å². The van der Waals surface area contributed by atoms with E-state index < -0.39 is 5.60 Å². The van der Waals surface area contributed by atoms with E-state index in [0.717, 1.165) is 33.5 Å². The molecule has 0 radical (unpaired) electrons. The maximum atomic E-state index is 9.89. The largest absolute Gasteiger partial charge is 0.389 e. The molecule has 8 heteroatoms. The topological polar surface area (TPSA) is 105 Å². The van der Waals surface area contributed by atoms with Crippen LogP contribution in [0.25, 0.3) is 33.5 Å². The number of rotatable bonds is 5. The molecule has 4 aromatic rings. The summed E-state index contributed by atoms with van der Waals surface area (Å²) in [6, 6.07) is 7.68. The number of aromatic amines is 1. The molecular formula is C19H21N7O. The van der Waals surface area contributed by atoms with E-state index >= 15 is 0 Å². The molecule has 0 spiro atoms. The van der Waals surface area contributed by atoms with Gasteiger partial charge in [-0.3, -0.25) is 14.8 Å². The van der Waals surface area contributed by atoms with E-state index in [4.69, 9.17) is 0 Å². The molecule has 0 fully saturated rings. The Bertz CT molecular complexity index is 1090. The highest BCUT2D eigenvalue weighted by Crippen LogP contribution is 2.28. The molecule has 3 N–H and O–H groups in total. The molecule has 0 aliphatic carbocycles. The van der Waals surface area contributed by atoms with E-state index in [0.29, 0.717) is 12.4 Å². The highest BCUT2D eigenvalue weighted by atomic mass is 16.3. The SMILES string of the molecule is Cn1cc(-c2cc3c(-c4cccc(NCC(C)(C)O)n4)n[nH]c3cn2)cn1. The van der Waals surface area contributed by atoms with Crippen LogP contribution in [0.4, 0.5) is 5.82 Å². The third kappa shape index (κ3) is 3.65. The Hall–Kier alpha value is -3.26. The summed E-state index contributed by atoms with van der Waals surface area (Å²) in [6.45, 7) is 3.90. The standard InChI is InChI=1S/C19H21N7O/c1-19(2,27)11-21-17-6-4-5-14(23-17)18-13-7-15(12-8-22-26(3)10-12)20-9-16(13)24-25-18/h4-10,27H,11H2,1-3H3,(H,21,23)(H,24,25). The predicted molar refractivity (Wildman–Crippen MR) is 104 cm³/mol. The smallest absolute Gasteiger partial charge is 0.126 e. The molecule has 0 bridgehead atoms. The Morgan fingerprint density at radius 3 is 2.81 bits per heavy atom. The van der Waals surface area contributed by atoms with Crippen molar-refractivity contribution in [3.63, 3.8) is 0 Å². The molecule has 138 valence electrons. The van der Waals surface area contributed by atoms with Crippen LogP contribution in [-0.2, 0) is 7.05 Å². The maximum Gasteiger partial charge on any atom is 0.126 e. The summed E-state index contributed by atoms with van der Waals surface area (Å²) in [6.07, 6.45) is 5.48. The molecule has 27 heavy (non-hydrogen) atoms. The number of pyridine rings is 2. The molecule has 0 aliphatic rings. The highest BCUT2D eigenvalue weighted by Gasteiger charge is 2.15. The van der Waals surface area contributed by atoms with E-state index in [9.17, 15) is 5.11 Å². The molecule has 4 rings (SSSR count). The molecule has 0 atom stereocenters. The minimum absolute atomic E-state index is 0.403. The summed E-state index contributed by atoms with van der Waals surface area (Å²) >= 11 is 0. The Morgan fingerprint density at radius 2 is 2.07 bits per heavy atom. The van der Waals surface area contributed by atoms with Crippen molar-refractivity contribution in [3.05, 3.63) is 42.9 Å². The van der Waals surface area contributed by atoms with Crippen LogP contribution in [0.2, 0.25) is 0 Å². The molecule has 0 amide bonds. The first kappa shape index (κ1) is 17.2. The molecular weight excluding hydrogens is 342 g/mol. The van der Waals surface area contributed by atoms with Gasteiger partial charge in [0.15, 0.2) is 0 Å². The van der Waals surface area contributed by atoms with Gasteiger partial charge in [0.25, 0.3) is 0 Å². The summed E-state index contributed by atoms with van der Waals surface area (Å²) in [5, 5.41) is 25.6. The van der Waals surface area contributed by atoms with E-state index in [1.54, 1.807) is 30.9 Å². The van der Waals surface area contributed by atoms with Crippen molar-refractivity contribution in [2.45, 2.75) is 19.4 Å². The Morgan fingerprint density at radius 1 is 1.22 bits per heavy atom. The van der Waals surface area contributed by atoms with Gasteiger partial charge in [0.05, 0.1) is 34.9 Å². The average molecular weight is 363 g/mol. The number of fused-ring (bicyclic) bond motifs is 1. The van der Waals surface area contributed by atoms with E-state index in [2.05, 4.69) is 30.6 Å². The average Bonchev–Trinajstić information content (AvgIpc) is 3.25. The number of nitrogens with one attached hydrogen (secondary N) is 2. The number of anilines is 1. The fourth-order valence-electron chi connectivity index (χ4n) is 2.80. The van der Waals surface area contributed by atoms with Crippen LogP contribution in [-0.4, -0.2) is 47.2 Å². The number of hydrogen-bond donors (Lipinski definition) is 3. The summed E-state index contributed by atoms with van der Waals surface area (Å²) in [4.78, 5) is 9.12. The number of hydrogen-bond acceptors (Lipinski definition) is 6. The fraction of sp³-hybridized carbons (Fsp3) is 0.263. The fourth-order valence-corrected chi connectivity index (χ4v) is 2.80. The Balaban J connectivity index is 1.71. The van der Waals surface area contributed by atoms with Crippen LogP contribution in [0.1, 0.15) is 13.8 Å². The van der Waals surface area contributed by atoms with Crippen LogP contribution in [0, 0.1) is 0 Å². The summed E-state index contributed by atoms with van der Waals surface area (Å²) in [7, 11) is 1.88. The minimum Gasteiger partial charge on any atom is -0.389 e. The second-order valence-corrected chi connectivity index (χ2v) is 7.16. The first-order chi connectivity index (χ1) is 12.9. The number of aliphatic hydroxyl groups is 1. The van der Waals surface area contributed by atoms with Crippen molar-refractivity contribution in [2.24, 2.45) is 7.05 Å². The lowest BCUT2D eigenvalue weighted by Crippen LogP contribution is -2.29. The number of nitrogens with zero attached hydrogens (tertiary/aromatic N) is 5. The Labute approximate surface area is 156 Å². The summed E-state index contributed by atoms with van der Waals surface area (Å²) < 4.78 is 1.75. The molecule has 4 aromatic heterocycles. The normalized spacial score (nSPS) is 11.9. The van der Waals surface area contributed by atoms with Gasteiger partial charge in [-0.1, -0.05) is 6.07 Å². The van der Waals surface area contributed by atoms with Crippen LogP contribution in [0.5, 0.6) is 0 Å². The molecule has 0 saturated carbocycles. The zero-order valence-corrected chi connectivity index (χ0v) is 15.4. The van der Waals surface area contributed by atoms with E-state index in [1.807, 2.05) is 37.5 Å². The van der Waals surface area contributed by atoms with Gasteiger partial charge < -0.3 is 10.4 Å². The first-order valence-electron chi connectivity index (χ1n) is 8.66. The minimum atomic E-state index is -0.818. The lowest BCUT2D eigenvalue weighted by Gasteiger charge is -2.18. The van der Waals surface area contributed by atoms with Gasteiger partial charge in [-0.2, -0.15) is 10.2 Å². The van der Waals surface area contributed by atoms with Crippen LogP contribution in [0.15, 0.2) is 42.9 Å². The molecule has 0 aliphatic heterocycles. The van der Waals surface area contributed by atoms with Crippen LogP contribution in [0.3, 0.4) is 0 Å². The van der Waals surface area contributed by atoms with Gasteiger partial charge in [0, 0.05) is 30.7 Å². The maximum absolute atomic E-state index is 9.89. The Kier molecular flexibility index (Phi) is 4.12. The number of aromatic nitrogens is 6. The number of aryl methyl sites for hydroxylation is 1. The van der Waals surface area contributed by atoms with Crippen molar-refractivity contribution in [1.29, 1.82) is 0 Å². The van der Waals surface area contributed by atoms with Gasteiger partial charge in [-0.25, -0.2) is 4.98 Å². The van der Waals surface area contributed by atoms with E-state index in [-0.39, 0.29) is 0 Å². The molecule has 4 heterocycles. The quantitative estimate of drug-likeness (QED) is 0.503. The third-order valence-electron chi connectivity index (χ3n) is 4.14. The highest BCUT2D eigenvalue weighted by molar-refractivity contribution is 5.93. The van der Waals surface area contributed by atoms with Crippen LogP contribution < -0.4 is 5.32 Å². The molecule has 8 nitrogen and oxygen atoms in total. The monoisotopic (exact) mass is 363 g/mol. The summed E-state index contributed by atoms with van der Waals surface area (Å²) in [5.41, 5.74) is 3.29. The second-order valence-electron chi connectivity index (χ2n) is 7.16. The van der Waals surface area contributed by atoms with Crippen LogP contribution >= 0.6 is 0 Å². The van der Waals surface area contributed by atoms with Crippen molar-refractivity contribution >= 4 is 16.7 Å². The predicted octanol–water partition coefficient (Wildman–Crippen LogP) is 2.60. The van der Waals surface area contributed by atoms with Crippen molar-refractivity contribution in [1.82, 2.24) is 29.9 Å². The second kappa shape index (κ2) is 6.48. The molecule has 0 aromatic carbocycles. The lowest BCUT2D eigenvalue weighted by molar-refractivity contribution is 0.0944. The van der Waals surface area contributed by atoms with Gasteiger partial charge in [-0.05, 0) is 32.0 Å². The summed E-state index contributed by atoms with van der Waals surface area (Å²) in [5.74, 6) is 0.687. The van der Waals surface area contributed by atoms with Gasteiger partial charge >= 0.3 is 0 Å². The third-order valence-corrected chi connectivity index (χ3v) is 4.14. The number of H-pyrrole nitrogens is 1. The van der Waals surface area contributed by atoms with Crippen molar-refractivity contribution in [3.8, 4) is 22.6 Å². The van der Waals surface area contributed by atoms with Crippen molar-refractivity contribution in [2.75, 3.05) is 11.9 Å². The van der Waals surface area contributed by atoms with E-state index in [1.165, 1.54) is 0 Å². The molecule has 0 unspecified atom stereocenters. The first-order valence-corrected chi connectivity index (χ1v) is 8.66. The zero-order chi connectivity index (χ0) is 19.0. The molecule has 0 saturated heterocycles. The van der Waals surface area contributed by atoms with Gasteiger partial charge in [0.1, 0.15) is 11.5 Å². The lowest BCUT2D eigenvalue weighted by atomic mass is 10.1. The van der Waals surface area contributed by atoms with Gasteiger partial charge in [0.2, 0.25) is 0 Å².